The molecule has 0 amide bonds. The molecule has 0 radical (unpaired) electrons. The summed E-state index contributed by atoms with van der Waals surface area (Å²) in [6.07, 6.45) is -1.85. The first-order valence-electron chi connectivity index (χ1n) is 12.3. The number of hydrogen-bond acceptors (Lipinski definition) is 6. The van der Waals surface area contributed by atoms with Gasteiger partial charge in [0.1, 0.15) is 24.4 Å². The van der Waals surface area contributed by atoms with Crippen molar-refractivity contribution in [2.24, 2.45) is 0 Å². The van der Waals surface area contributed by atoms with E-state index in [9.17, 15) is 4.79 Å². The van der Waals surface area contributed by atoms with Crippen LogP contribution in [0.25, 0.3) is 0 Å². The van der Waals surface area contributed by atoms with Crippen molar-refractivity contribution in [1.82, 2.24) is 0 Å². The van der Waals surface area contributed by atoms with Gasteiger partial charge in [0.25, 0.3) is 0 Å². The molecule has 6 heteroatoms. The summed E-state index contributed by atoms with van der Waals surface area (Å²) in [6.45, 7) is 4.96. The molecule has 0 saturated carbocycles. The smallest absolute Gasteiger partial charge is 0.163 e. The number of benzene rings is 3. The van der Waals surface area contributed by atoms with Crippen molar-refractivity contribution in [3.05, 3.63) is 108 Å². The Balaban J connectivity index is 1.58. The van der Waals surface area contributed by atoms with Gasteiger partial charge >= 0.3 is 0 Å². The van der Waals surface area contributed by atoms with Gasteiger partial charge in [0.05, 0.1) is 26.4 Å². The largest absolute Gasteiger partial charge is 0.368 e. The summed E-state index contributed by atoms with van der Waals surface area (Å²) in [6, 6.07) is 29.5. The van der Waals surface area contributed by atoms with E-state index in [1.165, 1.54) is 0 Å². The molecule has 1 aliphatic rings. The van der Waals surface area contributed by atoms with Crippen molar-refractivity contribution in [2.45, 2.75) is 63.9 Å². The summed E-state index contributed by atoms with van der Waals surface area (Å²) in [4.78, 5) is 12.4. The van der Waals surface area contributed by atoms with E-state index in [2.05, 4.69) is 0 Å². The molecule has 0 aliphatic carbocycles. The Morgan fingerprint density at radius 1 is 0.778 bits per heavy atom. The molecule has 6 nitrogen and oxygen atoms in total. The van der Waals surface area contributed by atoms with E-state index in [4.69, 9.17) is 23.7 Å². The van der Waals surface area contributed by atoms with Crippen LogP contribution in [0.3, 0.4) is 0 Å². The first-order valence-corrected chi connectivity index (χ1v) is 12.3. The molecule has 190 valence electrons. The molecule has 0 aromatic heterocycles. The maximum Gasteiger partial charge on any atom is 0.163 e. The van der Waals surface area contributed by atoms with Gasteiger partial charge in [-0.25, -0.2) is 0 Å². The molecular weight excluding hydrogens is 456 g/mol. The number of carbonyl (C=O) groups is 1. The van der Waals surface area contributed by atoms with E-state index in [0.29, 0.717) is 19.8 Å². The molecule has 0 spiro atoms. The molecule has 4 rings (SSSR count). The maximum atomic E-state index is 12.4. The Labute approximate surface area is 213 Å². The maximum absolute atomic E-state index is 12.4. The van der Waals surface area contributed by atoms with Gasteiger partial charge in [0.2, 0.25) is 0 Å². The number of ether oxygens (including phenoxy) is 5. The highest BCUT2D eigenvalue weighted by Crippen LogP contribution is 2.30. The average molecular weight is 491 g/mol. The van der Waals surface area contributed by atoms with Crippen LogP contribution in [0, 0.1) is 0 Å². The van der Waals surface area contributed by atoms with Crippen LogP contribution in [0.2, 0.25) is 0 Å². The zero-order valence-corrected chi connectivity index (χ0v) is 20.8. The first kappa shape index (κ1) is 26.2. The highest BCUT2D eigenvalue weighted by Gasteiger charge is 2.44. The van der Waals surface area contributed by atoms with Gasteiger partial charge in [0, 0.05) is 0 Å². The number of aldehydes is 1. The Morgan fingerprint density at radius 2 is 1.25 bits per heavy atom. The summed E-state index contributed by atoms with van der Waals surface area (Å²) in [5.41, 5.74) is 2.96. The van der Waals surface area contributed by atoms with Gasteiger partial charge in [-0.2, -0.15) is 0 Å². The van der Waals surface area contributed by atoms with E-state index in [0.717, 1.165) is 23.0 Å². The summed E-state index contributed by atoms with van der Waals surface area (Å²) < 4.78 is 31.0. The predicted molar refractivity (Wildman–Crippen MR) is 136 cm³/mol. The topological polar surface area (TPSA) is 63.2 Å². The van der Waals surface area contributed by atoms with E-state index < -0.39 is 30.2 Å². The van der Waals surface area contributed by atoms with Crippen LogP contribution in [0.5, 0.6) is 0 Å². The molecule has 0 bridgehead atoms. The minimum Gasteiger partial charge on any atom is -0.368 e. The lowest BCUT2D eigenvalue weighted by atomic mass is 10.0. The third kappa shape index (κ3) is 7.56. The van der Waals surface area contributed by atoms with E-state index >= 15 is 0 Å². The minimum absolute atomic E-state index is 0.272. The van der Waals surface area contributed by atoms with Crippen molar-refractivity contribution in [2.75, 3.05) is 6.61 Å². The van der Waals surface area contributed by atoms with Crippen LogP contribution >= 0.6 is 0 Å². The molecule has 3 aromatic carbocycles. The molecule has 3 aromatic rings. The minimum atomic E-state index is -0.873. The summed E-state index contributed by atoms with van der Waals surface area (Å²) >= 11 is 0. The standard InChI is InChI=1S/C30H34O6/c1-30(2)35-22-27(36-30)29(34-21-25-16-10-5-11-17-25)28(33-20-24-14-8-4-9-15-24)26(18-31)32-19-23-12-6-3-7-13-23/h3-18,26-29H,19-22H2,1-2H3/t26-,27+,28-,29+/m0/s1. The monoisotopic (exact) mass is 490 g/mol. The van der Waals surface area contributed by atoms with Crippen LogP contribution in [-0.4, -0.2) is 43.1 Å². The number of rotatable bonds is 13. The molecule has 1 aliphatic heterocycles. The predicted octanol–water partition coefficient (Wildman–Crippen LogP) is 5.09. The van der Waals surface area contributed by atoms with Crippen LogP contribution in [0.1, 0.15) is 30.5 Å². The Bertz CT molecular complexity index is 1040. The van der Waals surface area contributed by atoms with Crippen LogP contribution < -0.4 is 0 Å². The van der Waals surface area contributed by atoms with Gasteiger partial charge < -0.3 is 28.5 Å². The zero-order chi connectivity index (χ0) is 25.2. The Hall–Kier alpha value is -2.87. The van der Waals surface area contributed by atoms with Crippen molar-refractivity contribution in [3.63, 3.8) is 0 Å². The Kier molecular flexibility index (Phi) is 9.39. The SMILES string of the molecule is CC1(C)OC[C@H]([C@@H](OCc2ccccc2)[C@@H](OCc2ccccc2)[C@H](C=O)OCc2ccccc2)O1. The van der Waals surface area contributed by atoms with Crippen LogP contribution in [0.4, 0.5) is 0 Å². The summed E-state index contributed by atoms with van der Waals surface area (Å²) in [7, 11) is 0. The first-order chi connectivity index (χ1) is 17.5. The van der Waals surface area contributed by atoms with Gasteiger partial charge in [-0.05, 0) is 30.5 Å². The summed E-state index contributed by atoms with van der Waals surface area (Å²) in [5, 5.41) is 0. The third-order valence-corrected chi connectivity index (χ3v) is 6.03. The second kappa shape index (κ2) is 12.9. The van der Waals surface area contributed by atoms with E-state index in [1.807, 2.05) is 105 Å². The Morgan fingerprint density at radius 3 is 1.69 bits per heavy atom. The quantitative estimate of drug-likeness (QED) is 0.311. The highest BCUT2D eigenvalue weighted by molar-refractivity contribution is 5.57. The fourth-order valence-electron chi connectivity index (χ4n) is 4.18. The van der Waals surface area contributed by atoms with Gasteiger partial charge in [-0.1, -0.05) is 91.0 Å². The number of carbonyl (C=O) groups excluding carboxylic acids is 1. The molecule has 1 saturated heterocycles. The van der Waals surface area contributed by atoms with E-state index in [1.54, 1.807) is 0 Å². The molecule has 0 N–H and O–H groups in total. The van der Waals surface area contributed by atoms with E-state index in [-0.39, 0.29) is 6.61 Å². The van der Waals surface area contributed by atoms with Crippen molar-refractivity contribution < 1.29 is 28.5 Å². The highest BCUT2D eigenvalue weighted by atomic mass is 16.8. The van der Waals surface area contributed by atoms with Crippen LogP contribution in [0.15, 0.2) is 91.0 Å². The van der Waals surface area contributed by atoms with Crippen LogP contribution in [-0.2, 0) is 48.3 Å². The van der Waals surface area contributed by atoms with Gasteiger partial charge in [-0.3, -0.25) is 0 Å². The second-order valence-electron chi connectivity index (χ2n) is 9.29. The lowest BCUT2D eigenvalue weighted by Crippen LogP contribution is -2.50. The lowest BCUT2D eigenvalue weighted by molar-refractivity contribution is -0.199. The third-order valence-electron chi connectivity index (χ3n) is 6.03. The second-order valence-corrected chi connectivity index (χ2v) is 9.29. The molecular formula is C30H34O6. The summed E-state index contributed by atoms with van der Waals surface area (Å²) in [5.74, 6) is -0.759. The normalized spacial score (nSPS) is 19.4. The van der Waals surface area contributed by atoms with Crippen molar-refractivity contribution in [1.29, 1.82) is 0 Å². The molecule has 0 unspecified atom stereocenters. The fraction of sp³-hybridized carbons (Fsp3) is 0.367. The average Bonchev–Trinajstić information content (AvgIpc) is 3.28. The number of hydrogen-bond donors (Lipinski definition) is 0. The van der Waals surface area contributed by atoms with Gasteiger partial charge in [-0.15, -0.1) is 0 Å². The molecule has 36 heavy (non-hydrogen) atoms. The lowest BCUT2D eigenvalue weighted by Gasteiger charge is -2.34. The molecule has 4 atom stereocenters. The van der Waals surface area contributed by atoms with Crippen molar-refractivity contribution in [3.8, 4) is 0 Å². The zero-order valence-electron chi connectivity index (χ0n) is 20.8. The van der Waals surface area contributed by atoms with Crippen molar-refractivity contribution >= 4 is 6.29 Å². The molecule has 1 heterocycles. The fourth-order valence-corrected chi connectivity index (χ4v) is 4.18. The van der Waals surface area contributed by atoms with Gasteiger partial charge in [0.15, 0.2) is 12.1 Å². The molecule has 1 fully saturated rings.